The van der Waals surface area contributed by atoms with E-state index in [1.165, 1.54) is 10.4 Å². The molecule has 0 aliphatic heterocycles. The van der Waals surface area contributed by atoms with Gasteiger partial charge < -0.3 is 9.64 Å². The molecule has 0 saturated carbocycles. The van der Waals surface area contributed by atoms with Crippen LogP contribution in [0.4, 0.5) is 0 Å². The summed E-state index contributed by atoms with van der Waals surface area (Å²) in [6.45, 7) is 5.90. The van der Waals surface area contributed by atoms with E-state index in [4.69, 9.17) is 4.74 Å². The van der Waals surface area contributed by atoms with Crippen molar-refractivity contribution in [3.8, 4) is 16.2 Å². The van der Waals surface area contributed by atoms with Crippen LogP contribution in [0.15, 0.2) is 24.3 Å². The monoisotopic (exact) mass is 290 g/mol. The van der Waals surface area contributed by atoms with Crippen molar-refractivity contribution in [1.29, 1.82) is 0 Å². The molecular formula is C16H22N2OS. The molecule has 0 spiro atoms. The summed E-state index contributed by atoms with van der Waals surface area (Å²) in [7, 11) is 4.16. The Morgan fingerprint density at radius 1 is 1.25 bits per heavy atom. The molecule has 0 aliphatic rings. The first kappa shape index (κ1) is 15.0. The van der Waals surface area contributed by atoms with Crippen LogP contribution in [0, 0.1) is 13.8 Å². The van der Waals surface area contributed by atoms with Crippen LogP contribution in [0.2, 0.25) is 0 Å². The molecule has 0 bridgehead atoms. The predicted octanol–water partition coefficient (Wildman–Crippen LogP) is 3.76. The lowest BCUT2D eigenvalue weighted by atomic mass is 10.1. The first-order chi connectivity index (χ1) is 9.56. The third kappa shape index (κ3) is 4.05. The van der Waals surface area contributed by atoms with E-state index in [9.17, 15) is 0 Å². The van der Waals surface area contributed by atoms with Crippen molar-refractivity contribution in [2.45, 2.75) is 20.3 Å². The van der Waals surface area contributed by atoms with Crippen LogP contribution >= 0.6 is 11.3 Å². The molecule has 1 aromatic carbocycles. The van der Waals surface area contributed by atoms with Crippen LogP contribution in [0.1, 0.15) is 17.1 Å². The maximum atomic E-state index is 5.82. The van der Waals surface area contributed by atoms with E-state index >= 15 is 0 Å². The second-order valence-corrected chi connectivity index (χ2v) is 6.38. The van der Waals surface area contributed by atoms with E-state index in [1.807, 2.05) is 19.1 Å². The fraction of sp³-hybridized carbons (Fsp3) is 0.438. The Morgan fingerprint density at radius 2 is 2.05 bits per heavy atom. The summed E-state index contributed by atoms with van der Waals surface area (Å²) in [6, 6.07) is 8.29. The number of hydrogen-bond acceptors (Lipinski definition) is 4. The first-order valence-corrected chi connectivity index (χ1v) is 7.70. The number of ether oxygens (including phenoxy) is 1. The van der Waals surface area contributed by atoms with Gasteiger partial charge in [0.25, 0.3) is 0 Å². The fourth-order valence-electron chi connectivity index (χ4n) is 2.10. The lowest BCUT2D eigenvalue weighted by Gasteiger charge is -2.11. The predicted molar refractivity (Wildman–Crippen MR) is 85.7 cm³/mol. The summed E-state index contributed by atoms with van der Waals surface area (Å²) < 4.78 is 5.82. The van der Waals surface area contributed by atoms with Crippen LogP contribution in [-0.2, 0) is 0 Å². The van der Waals surface area contributed by atoms with Gasteiger partial charge >= 0.3 is 0 Å². The van der Waals surface area contributed by atoms with Gasteiger partial charge in [-0.2, -0.15) is 0 Å². The molecule has 0 amide bonds. The van der Waals surface area contributed by atoms with Gasteiger partial charge in [-0.3, -0.25) is 0 Å². The van der Waals surface area contributed by atoms with Crippen molar-refractivity contribution in [3.05, 3.63) is 35.0 Å². The number of rotatable bonds is 6. The van der Waals surface area contributed by atoms with Crippen molar-refractivity contribution in [1.82, 2.24) is 9.88 Å². The second kappa shape index (κ2) is 6.86. The molecule has 0 atom stereocenters. The minimum atomic E-state index is 0.752. The standard InChI is InChI=1S/C16H22N2OS/c1-12-16(20-13(2)17-12)14-7-5-8-15(11-14)19-10-6-9-18(3)4/h5,7-8,11H,6,9-10H2,1-4H3. The van der Waals surface area contributed by atoms with Gasteiger partial charge in [0.1, 0.15) is 5.75 Å². The minimum Gasteiger partial charge on any atom is -0.494 e. The van der Waals surface area contributed by atoms with E-state index in [2.05, 4.69) is 43.0 Å². The van der Waals surface area contributed by atoms with E-state index in [1.54, 1.807) is 11.3 Å². The van der Waals surface area contributed by atoms with Crippen molar-refractivity contribution in [2.75, 3.05) is 27.2 Å². The Hall–Kier alpha value is -1.39. The molecule has 0 radical (unpaired) electrons. The molecule has 20 heavy (non-hydrogen) atoms. The van der Waals surface area contributed by atoms with Crippen molar-refractivity contribution < 1.29 is 4.74 Å². The smallest absolute Gasteiger partial charge is 0.119 e. The summed E-state index contributed by atoms with van der Waals surface area (Å²) in [6.07, 6.45) is 1.04. The molecule has 0 fully saturated rings. The molecule has 108 valence electrons. The van der Waals surface area contributed by atoms with Crippen LogP contribution < -0.4 is 4.74 Å². The Kier molecular flexibility index (Phi) is 5.15. The highest BCUT2D eigenvalue weighted by molar-refractivity contribution is 7.15. The summed E-state index contributed by atoms with van der Waals surface area (Å²) in [5.41, 5.74) is 2.29. The van der Waals surface area contributed by atoms with Gasteiger partial charge in [-0.15, -0.1) is 11.3 Å². The Labute approximate surface area is 125 Å². The number of aromatic nitrogens is 1. The van der Waals surface area contributed by atoms with Crippen LogP contribution in [0.5, 0.6) is 5.75 Å². The first-order valence-electron chi connectivity index (χ1n) is 6.88. The maximum absolute atomic E-state index is 5.82. The highest BCUT2D eigenvalue weighted by atomic mass is 32.1. The van der Waals surface area contributed by atoms with Crippen LogP contribution in [-0.4, -0.2) is 37.1 Å². The molecule has 0 N–H and O–H groups in total. The molecular weight excluding hydrogens is 268 g/mol. The van der Waals surface area contributed by atoms with Gasteiger partial charge in [-0.05, 0) is 52.1 Å². The lowest BCUT2D eigenvalue weighted by Crippen LogP contribution is -2.15. The lowest BCUT2D eigenvalue weighted by molar-refractivity contribution is 0.281. The van der Waals surface area contributed by atoms with Crippen LogP contribution in [0.3, 0.4) is 0 Å². The van der Waals surface area contributed by atoms with Gasteiger partial charge in [0.05, 0.1) is 22.2 Å². The third-order valence-corrected chi connectivity index (χ3v) is 4.14. The zero-order valence-electron chi connectivity index (χ0n) is 12.6. The molecule has 0 saturated heterocycles. The van der Waals surface area contributed by atoms with Gasteiger partial charge in [0.2, 0.25) is 0 Å². The van der Waals surface area contributed by atoms with Gasteiger partial charge in [-0.25, -0.2) is 4.98 Å². The van der Waals surface area contributed by atoms with E-state index in [-0.39, 0.29) is 0 Å². The van der Waals surface area contributed by atoms with Crippen molar-refractivity contribution in [3.63, 3.8) is 0 Å². The maximum Gasteiger partial charge on any atom is 0.119 e. The molecule has 2 aromatic rings. The molecule has 2 rings (SSSR count). The Morgan fingerprint density at radius 3 is 2.70 bits per heavy atom. The highest BCUT2D eigenvalue weighted by Crippen LogP contribution is 2.31. The minimum absolute atomic E-state index is 0.752. The zero-order valence-corrected chi connectivity index (χ0v) is 13.5. The second-order valence-electron chi connectivity index (χ2n) is 5.18. The number of nitrogens with zero attached hydrogens (tertiary/aromatic N) is 2. The average molecular weight is 290 g/mol. The molecule has 0 unspecified atom stereocenters. The number of benzene rings is 1. The number of hydrogen-bond donors (Lipinski definition) is 0. The number of thiazole rings is 1. The van der Waals surface area contributed by atoms with E-state index < -0.39 is 0 Å². The molecule has 0 aliphatic carbocycles. The largest absolute Gasteiger partial charge is 0.494 e. The summed E-state index contributed by atoms with van der Waals surface area (Å²) in [4.78, 5) is 7.89. The van der Waals surface area contributed by atoms with Crippen LogP contribution in [0.25, 0.3) is 10.4 Å². The normalized spacial score (nSPS) is 11.1. The number of aryl methyl sites for hydroxylation is 2. The highest BCUT2D eigenvalue weighted by Gasteiger charge is 2.08. The van der Waals surface area contributed by atoms with Crippen molar-refractivity contribution >= 4 is 11.3 Å². The topological polar surface area (TPSA) is 25.4 Å². The van der Waals surface area contributed by atoms with E-state index in [0.717, 1.165) is 36.0 Å². The van der Waals surface area contributed by atoms with Gasteiger partial charge in [0, 0.05) is 6.54 Å². The summed E-state index contributed by atoms with van der Waals surface area (Å²) in [5.74, 6) is 0.937. The summed E-state index contributed by atoms with van der Waals surface area (Å²) >= 11 is 1.74. The summed E-state index contributed by atoms with van der Waals surface area (Å²) in [5, 5.41) is 1.11. The Bertz CT molecular complexity index is 563. The molecule has 3 nitrogen and oxygen atoms in total. The van der Waals surface area contributed by atoms with Crippen molar-refractivity contribution in [2.24, 2.45) is 0 Å². The molecule has 1 aromatic heterocycles. The quantitative estimate of drug-likeness (QED) is 0.758. The van der Waals surface area contributed by atoms with E-state index in [0.29, 0.717) is 0 Å². The SMILES string of the molecule is Cc1nc(C)c(-c2cccc(OCCCN(C)C)c2)s1. The molecule has 4 heteroatoms. The van der Waals surface area contributed by atoms with Gasteiger partial charge in [0.15, 0.2) is 0 Å². The molecule has 1 heterocycles. The third-order valence-electron chi connectivity index (χ3n) is 3.02. The van der Waals surface area contributed by atoms with Gasteiger partial charge in [-0.1, -0.05) is 12.1 Å². The Balaban J connectivity index is 2.03. The fourth-order valence-corrected chi connectivity index (χ4v) is 3.01. The average Bonchev–Trinajstić information content (AvgIpc) is 2.74. The zero-order chi connectivity index (χ0) is 14.5.